The molecule has 0 fully saturated rings. The second-order valence-electron chi connectivity index (χ2n) is 7.38. The fourth-order valence-electron chi connectivity index (χ4n) is 3.93. The first-order valence-corrected chi connectivity index (χ1v) is 10.5. The van der Waals surface area contributed by atoms with Crippen LogP contribution in [0, 0.1) is 0 Å². The lowest BCUT2D eigenvalue weighted by Gasteiger charge is -2.14. The van der Waals surface area contributed by atoms with Crippen molar-refractivity contribution in [2.24, 2.45) is 5.73 Å². The molecule has 0 aliphatic heterocycles. The van der Waals surface area contributed by atoms with Gasteiger partial charge in [0, 0.05) is 10.9 Å². The van der Waals surface area contributed by atoms with Crippen molar-refractivity contribution in [1.82, 2.24) is 4.98 Å². The smallest absolute Gasteiger partial charge is 0.131 e. The molecule has 5 nitrogen and oxygen atoms in total. The number of benzene rings is 3. The summed E-state index contributed by atoms with van der Waals surface area (Å²) in [6.07, 6.45) is 2.86. The Balaban J connectivity index is 1.84. The van der Waals surface area contributed by atoms with Crippen molar-refractivity contribution in [3.63, 3.8) is 0 Å². The number of rotatable bonds is 9. The van der Waals surface area contributed by atoms with Crippen LogP contribution in [0.15, 0.2) is 66.7 Å². The van der Waals surface area contributed by atoms with Crippen molar-refractivity contribution < 1.29 is 14.2 Å². The van der Waals surface area contributed by atoms with Crippen LogP contribution < -0.4 is 19.9 Å². The van der Waals surface area contributed by atoms with E-state index in [2.05, 4.69) is 17.1 Å². The standard InChI is InChI=1S/C26H28N2O3/c1-29-23-12-8-13-24(30-2)25(23)26-20(11-6-7-16-27)21-17-19(14-15-22(21)28-26)31-18-9-4-3-5-10-18/h3-5,8-10,12-15,17,28H,6-7,11,16,27H2,1-2H3. The number of aromatic amines is 1. The van der Waals surface area contributed by atoms with Crippen LogP contribution >= 0.6 is 0 Å². The van der Waals surface area contributed by atoms with Crippen LogP contribution in [-0.4, -0.2) is 25.7 Å². The molecule has 0 spiro atoms. The SMILES string of the molecule is COc1cccc(OC)c1-c1[nH]c2ccc(Oc3ccccc3)cc2c1CCCCN. The van der Waals surface area contributed by atoms with Gasteiger partial charge in [-0.15, -0.1) is 0 Å². The largest absolute Gasteiger partial charge is 0.496 e. The summed E-state index contributed by atoms with van der Waals surface area (Å²) in [7, 11) is 3.36. The van der Waals surface area contributed by atoms with Gasteiger partial charge >= 0.3 is 0 Å². The zero-order valence-corrected chi connectivity index (χ0v) is 18.0. The average Bonchev–Trinajstić information content (AvgIpc) is 3.16. The highest BCUT2D eigenvalue weighted by atomic mass is 16.5. The minimum absolute atomic E-state index is 0.679. The van der Waals surface area contributed by atoms with Crippen molar-refractivity contribution >= 4 is 10.9 Å². The molecular weight excluding hydrogens is 388 g/mol. The van der Waals surface area contributed by atoms with Crippen molar-refractivity contribution in [2.45, 2.75) is 19.3 Å². The van der Waals surface area contributed by atoms with E-state index < -0.39 is 0 Å². The summed E-state index contributed by atoms with van der Waals surface area (Å²) >= 11 is 0. The highest BCUT2D eigenvalue weighted by Crippen LogP contribution is 2.43. The molecule has 1 heterocycles. The molecule has 0 amide bonds. The first-order chi connectivity index (χ1) is 15.2. The molecule has 1 aromatic heterocycles. The summed E-state index contributed by atoms with van der Waals surface area (Å²) < 4.78 is 17.4. The second kappa shape index (κ2) is 9.58. The Morgan fingerprint density at radius 3 is 2.23 bits per heavy atom. The van der Waals surface area contributed by atoms with E-state index in [0.717, 1.165) is 64.4 Å². The lowest BCUT2D eigenvalue weighted by Crippen LogP contribution is -2.00. The van der Waals surface area contributed by atoms with Crippen LogP contribution in [0.5, 0.6) is 23.0 Å². The summed E-state index contributed by atoms with van der Waals surface area (Å²) in [6.45, 7) is 0.679. The van der Waals surface area contributed by atoms with Gasteiger partial charge in [0.1, 0.15) is 23.0 Å². The van der Waals surface area contributed by atoms with Crippen molar-refractivity contribution in [3.8, 4) is 34.3 Å². The molecule has 0 aliphatic carbocycles. The van der Waals surface area contributed by atoms with Gasteiger partial charge in [-0.05, 0) is 73.8 Å². The summed E-state index contributed by atoms with van der Waals surface area (Å²) in [6, 6.07) is 21.8. The maximum Gasteiger partial charge on any atom is 0.131 e. The van der Waals surface area contributed by atoms with Gasteiger partial charge in [0.25, 0.3) is 0 Å². The number of hydrogen-bond acceptors (Lipinski definition) is 4. The van der Waals surface area contributed by atoms with E-state index in [1.807, 2.05) is 54.6 Å². The molecule has 4 rings (SSSR count). The van der Waals surface area contributed by atoms with Crippen LogP contribution in [0.1, 0.15) is 18.4 Å². The van der Waals surface area contributed by atoms with Crippen molar-refractivity contribution in [3.05, 3.63) is 72.3 Å². The number of nitrogens with one attached hydrogen (secondary N) is 1. The Kier molecular flexibility index (Phi) is 6.43. The van der Waals surface area contributed by atoms with E-state index in [4.69, 9.17) is 19.9 Å². The summed E-state index contributed by atoms with van der Waals surface area (Å²) in [5, 5.41) is 1.13. The Bertz CT molecular complexity index is 1130. The highest BCUT2D eigenvalue weighted by molar-refractivity contribution is 5.94. The number of fused-ring (bicyclic) bond motifs is 1. The third kappa shape index (κ3) is 4.37. The van der Waals surface area contributed by atoms with Gasteiger partial charge in [0.15, 0.2) is 0 Å². The normalized spacial score (nSPS) is 10.9. The minimum atomic E-state index is 0.679. The van der Waals surface area contributed by atoms with Crippen molar-refractivity contribution in [1.29, 1.82) is 0 Å². The molecule has 0 saturated carbocycles. The van der Waals surface area contributed by atoms with Crippen LogP contribution in [0.4, 0.5) is 0 Å². The van der Waals surface area contributed by atoms with Gasteiger partial charge < -0.3 is 24.9 Å². The Morgan fingerprint density at radius 1 is 0.806 bits per heavy atom. The molecule has 0 bridgehead atoms. The summed E-state index contributed by atoms with van der Waals surface area (Å²) in [4.78, 5) is 3.60. The number of methoxy groups -OCH3 is 2. The zero-order chi connectivity index (χ0) is 21.6. The maximum absolute atomic E-state index is 6.09. The molecule has 0 aliphatic rings. The molecule has 4 aromatic rings. The summed E-state index contributed by atoms with van der Waals surface area (Å²) in [5.74, 6) is 3.16. The van der Waals surface area contributed by atoms with Gasteiger partial charge in [0.2, 0.25) is 0 Å². The first kappa shape index (κ1) is 20.8. The van der Waals surface area contributed by atoms with Crippen molar-refractivity contribution in [2.75, 3.05) is 20.8 Å². The predicted octanol–water partition coefficient (Wildman–Crippen LogP) is 5.93. The number of para-hydroxylation sites is 1. The number of ether oxygens (including phenoxy) is 3. The minimum Gasteiger partial charge on any atom is -0.496 e. The Morgan fingerprint density at radius 2 is 1.55 bits per heavy atom. The molecule has 0 radical (unpaired) electrons. The Labute approximate surface area is 182 Å². The lowest BCUT2D eigenvalue weighted by molar-refractivity contribution is 0.397. The van der Waals surface area contributed by atoms with Gasteiger partial charge in [-0.25, -0.2) is 0 Å². The maximum atomic E-state index is 6.09. The fourth-order valence-corrected chi connectivity index (χ4v) is 3.93. The lowest BCUT2D eigenvalue weighted by atomic mass is 9.99. The fraction of sp³-hybridized carbons (Fsp3) is 0.231. The van der Waals surface area contributed by atoms with Gasteiger partial charge in [-0.3, -0.25) is 0 Å². The number of aryl methyl sites for hydroxylation is 1. The van der Waals surface area contributed by atoms with Crippen LogP contribution in [0.25, 0.3) is 22.2 Å². The van der Waals surface area contributed by atoms with Gasteiger partial charge in [0.05, 0.1) is 25.5 Å². The molecule has 3 N–H and O–H groups in total. The van der Waals surface area contributed by atoms with E-state index >= 15 is 0 Å². The van der Waals surface area contributed by atoms with E-state index in [0.29, 0.717) is 6.54 Å². The number of unbranched alkanes of at least 4 members (excludes halogenated alkanes) is 1. The number of H-pyrrole nitrogens is 1. The zero-order valence-electron chi connectivity index (χ0n) is 18.0. The van der Waals surface area contributed by atoms with Gasteiger partial charge in [-0.2, -0.15) is 0 Å². The second-order valence-corrected chi connectivity index (χ2v) is 7.38. The van der Waals surface area contributed by atoms with Crippen LogP contribution in [0.3, 0.4) is 0 Å². The molecule has 0 atom stereocenters. The van der Waals surface area contributed by atoms with E-state index in [1.165, 1.54) is 5.56 Å². The molecule has 160 valence electrons. The molecule has 31 heavy (non-hydrogen) atoms. The van der Waals surface area contributed by atoms with E-state index in [1.54, 1.807) is 14.2 Å². The number of aromatic nitrogens is 1. The highest BCUT2D eigenvalue weighted by Gasteiger charge is 2.20. The van der Waals surface area contributed by atoms with E-state index in [9.17, 15) is 0 Å². The van der Waals surface area contributed by atoms with Gasteiger partial charge in [-0.1, -0.05) is 24.3 Å². The summed E-state index contributed by atoms with van der Waals surface area (Å²) in [5.41, 5.74) is 9.96. The topological polar surface area (TPSA) is 69.5 Å². The molecular formula is C26H28N2O3. The number of hydrogen-bond donors (Lipinski definition) is 2. The molecule has 5 heteroatoms. The molecule has 0 saturated heterocycles. The molecule has 0 unspecified atom stereocenters. The molecule has 3 aromatic carbocycles. The van der Waals surface area contributed by atoms with E-state index in [-0.39, 0.29) is 0 Å². The number of nitrogens with two attached hydrogens (primary N) is 1. The van der Waals surface area contributed by atoms with Crippen LogP contribution in [0.2, 0.25) is 0 Å². The monoisotopic (exact) mass is 416 g/mol. The predicted molar refractivity (Wildman–Crippen MR) is 125 cm³/mol. The third-order valence-electron chi connectivity index (χ3n) is 5.42. The first-order valence-electron chi connectivity index (χ1n) is 10.5. The Hall–Kier alpha value is -3.44. The average molecular weight is 417 g/mol. The third-order valence-corrected chi connectivity index (χ3v) is 5.42. The van der Waals surface area contributed by atoms with Crippen LogP contribution in [-0.2, 0) is 6.42 Å². The quantitative estimate of drug-likeness (QED) is 0.332.